The van der Waals surface area contributed by atoms with Crippen LogP contribution in [0.4, 0.5) is 0 Å². The molecule has 0 bridgehead atoms. The first-order chi connectivity index (χ1) is 34.5. The minimum absolute atomic E-state index is 0.0736. The zero-order valence-electron chi connectivity index (χ0n) is 47.3. The van der Waals surface area contributed by atoms with Gasteiger partial charge in [-0.2, -0.15) is 0 Å². The number of carbonyl (C=O) groups is 3. The van der Waals surface area contributed by atoms with E-state index in [1.807, 2.05) is 0 Å². The molecule has 0 aliphatic heterocycles. The predicted molar refractivity (Wildman–Crippen MR) is 303 cm³/mol. The largest absolute Gasteiger partial charge is 0.462 e. The molecule has 6 nitrogen and oxygen atoms in total. The molecule has 0 fully saturated rings. The van der Waals surface area contributed by atoms with Crippen LogP contribution in [0.15, 0.2) is 24.3 Å². The van der Waals surface area contributed by atoms with Crippen molar-refractivity contribution in [2.24, 2.45) is 0 Å². The zero-order chi connectivity index (χ0) is 50.7. The molecular weight excluding hydrogens is 865 g/mol. The molecule has 0 radical (unpaired) electrons. The van der Waals surface area contributed by atoms with Gasteiger partial charge in [-0.25, -0.2) is 0 Å². The number of esters is 3. The first-order valence-corrected chi connectivity index (χ1v) is 31.4. The molecule has 0 aromatic rings. The second-order valence-electron chi connectivity index (χ2n) is 21.4. The molecule has 0 saturated carbocycles. The van der Waals surface area contributed by atoms with E-state index >= 15 is 0 Å². The molecule has 0 aromatic carbocycles. The Hall–Kier alpha value is -2.11. The summed E-state index contributed by atoms with van der Waals surface area (Å²) in [6, 6.07) is 0. The number of hydrogen-bond acceptors (Lipinski definition) is 6. The molecule has 0 heterocycles. The van der Waals surface area contributed by atoms with E-state index in [1.54, 1.807) is 0 Å². The van der Waals surface area contributed by atoms with Gasteiger partial charge in [0.15, 0.2) is 6.10 Å². The Morgan fingerprint density at radius 2 is 0.500 bits per heavy atom. The van der Waals surface area contributed by atoms with Crippen molar-refractivity contribution < 1.29 is 28.6 Å². The van der Waals surface area contributed by atoms with Crippen LogP contribution in [0.2, 0.25) is 0 Å². The summed E-state index contributed by atoms with van der Waals surface area (Å²) in [7, 11) is 0. The van der Waals surface area contributed by atoms with Crippen LogP contribution in [0.5, 0.6) is 0 Å². The van der Waals surface area contributed by atoms with Crippen molar-refractivity contribution >= 4 is 17.9 Å². The first-order valence-electron chi connectivity index (χ1n) is 31.4. The summed E-state index contributed by atoms with van der Waals surface area (Å²) in [5.41, 5.74) is 0. The van der Waals surface area contributed by atoms with E-state index < -0.39 is 6.10 Å². The third-order valence-corrected chi connectivity index (χ3v) is 14.2. The highest BCUT2D eigenvalue weighted by atomic mass is 16.6. The lowest BCUT2D eigenvalue weighted by atomic mass is 10.0. The van der Waals surface area contributed by atoms with Crippen molar-refractivity contribution in [3.8, 4) is 0 Å². The van der Waals surface area contributed by atoms with Crippen LogP contribution in [0.25, 0.3) is 0 Å². The summed E-state index contributed by atoms with van der Waals surface area (Å²) in [5.74, 6) is -0.874. The topological polar surface area (TPSA) is 78.9 Å². The van der Waals surface area contributed by atoms with Gasteiger partial charge < -0.3 is 14.2 Å². The van der Waals surface area contributed by atoms with Gasteiger partial charge in [-0.3, -0.25) is 14.4 Å². The molecule has 0 rings (SSSR count). The van der Waals surface area contributed by atoms with E-state index in [-0.39, 0.29) is 31.1 Å². The second-order valence-corrected chi connectivity index (χ2v) is 21.4. The Balaban J connectivity index is 4.34. The summed E-state index contributed by atoms with van der Waals surface area (Å²) >= 11 is 0. The molecule has 0 amide bonds. The van der Waals surface area contributed by atoms with Crippen molar-refractivity contribution in [2.45, 2.75) is 354 Å². The molecule has 0 aliphatic carbocycles. The van der Waals surface area contributed by atoms with Crippen LogP contribution in [0.3, 0.4) is 0 Å². The van der Waals surface area contributed by atoms with E-state index in [9.17, 15) is 14.4 Å². The third kappa shape index (κ3) is 56.8. The molecule has 70 heavy (non-hydrogen) atoms. The number of ether oxygens (including phenoxy) is 3. The molecule has 0 spiro atoms. The Labute approximate surface area is 436 Å². The lowest BCUT2D eigenvalue weighted by Crippen LogP contribution is -2.30. The molecule has 0 saturated heterocycles. The van der Waals surface area contributed by atoms with Crippen LogP contribution in [0, 0.1) is 0 Å². The van der Waals surface area contributed by atoms with Crippen LogP contribution in [-0.2, 0) is 28.6 Å². The second kappa shape index (κ2) is 59.5. The van der Waals surface area contributed by atoms with E-state index in [0.717, 1.165) is 70.6 Å². The van der Waals surface area contributed by atoms with Crippen molar-refractivity contribution in [1.29, 1.82) is 0 Å². The fraction of sp³-hybridized carbons (Fsp3) is 0.891. The Kier molecular flexibility index (Phi) is 57.7. The van der Waals surface area contributed by atoms with Gasteiger partial charge in [0.05, 0.1) is 0 Å². The summed E-state index contributed by atoms with van der Waals surface area (Å²) in [4.78, 5) is 38.3. The van der Waals surface area contributed by atoms with Gasteiger partial charge in [-0.1, -0.05) is 308 Å². The minimum atomic E-state index is -0.778. The van der Waals surface area contributed by atoms with E-state index in [1.165, 1.54) is 238 Å². The van der Waals surface area contributed by atoms with Gasteiger partial charge in [0.25, 0.3) is 0 Å². The molecule has 0 N–H and O–H groups in total. The third-order valence-electron chi connectivity index (χ3n) is 14.2. The Bertz CT molecular complexity index is 1130. The van der Waals surface area contributed by atoms with Crippen molar-refractivity contribution in [1.82, 2.24) is 0 Å². The number of allylic oxidation sites excluding steroid dienone is 4. The zero-order valence-corrected chi connectivity index (χ0v) is 47.3. The maximum Gasteiger partial charge on any atom is 0.306 e. The average Bonchev–Trinajstić information content (AvgIpc) is 3.36. The monoisotopic (exact) mass is 985 g/mol. The van der Waals surface area contributed by atoms with Gasteiger partial charge in [-0.05, 0) is 44.9 Å². The van der Waals surface area contributed by atoms with Crippen molar-refractivity contribution in [3.05, 3.63) is 24.3 Å². The van der Waals surface area contributed by atoms with Crippen molar-refractivity contribution in [2.75, 3.05) is 13.2 Å². The average molecular weight is 986 g/mol. The van der Waals surface area contributed by atoms with Crippen molar-refractivity contribution in [3.63, 3.8) is 0 Å². The summed E-state index contributed by atoms with van der Waals surface area (Å²) in [6.45, 7) is 6.68. The van der Waals surface area contributed by atoms with E-state index in [4.69, 9.17) is 14.2 Å². The minimum Gasteiger partial charge on any atom is -0.462 e. The van der Waals surface area contributed by atoms with Crippen LogP contribution >= 0.6 is 0 Å². The highest BCUT2D eigenvalue weighted by molar-refractivity contribution is 5.71. The summed E-state index contributed by atoms with van der Waals surface area (Å²) in [6.07, 6.45) is 70.4. The maximum absolute atomic E-state index is 12.9. The molecule has 1 unspecified atom stereocenters. The number of unbranched alkanes of at least 4 members (excludes halogenated alkanes) is 44. The van der Waals surface area contributed by atoms with Gasteiger partial charge in [0, 0.05) is 19.3 Å². The summed E-state index contributed by atoms with van der Waals surface area (Å²) < 4.78 is 16.9. The highest BCUT2D eigenvalue weighted by Crippen LogP contribution is 2.18. The first kappa shape index (κ1) is 67.9. The van der Waals surface area contributed by atoms with Gasteiger partial charge in [0.1, 0.15) is 13.2 Å². The quantitative estimate of drug-likeness (QED) is 0.0261. The molecule has 0 aromatic heterocycles. The predicted octanol–water partition coefficient (Wildman–Crippen LogP) is 21.1. The highest BCUT2D eigenvalue weighted by Gasteiger charge is 2.19. The van der Waals surface area contributed by atoms with Gasteiger partial charge in [0.2, 0.25) is 0 Å². The Morgan fingerprint density at radius 1 is 0.286 bits per heavy atom. The molecule has 1 atom stereocenters. The van der Waals surface area contributed by atoms with Gasteiger partial charge in [-0.15, -0.1) is 0 Å². The number of carbonyl (C=O) groups excluding carboxylic acids is 3. The smallest absolute Gasteiger partial charge is 0.306 e. The SMILES string of the molecule is CCCCCCCCC/C=C\C=C/CCCCCC(=O)OCC(COC(=O)CCCCCCCCCCCCCCCCCCCCC)OC(=O)CCCCCCCCCCCCCCCCCCC. The van der Waals surface area contributed by atoms with Crippen LogP contribution < -0.4 is 0 Å². The normalized spacial score (nSPS) is 12.1. The Morgan fingerprint density at radius 3 is 0.771 bits per heavy atom. The molecule has 412 valence electrons. The van der Waals surface area contributed by atoms with Crippen LogP contribution in [0.1, 0.15) is 348 Å². The number of rotatable bonds is 58. The van der Waals surface area contributed by atoms with E-state index in [2.05, 4.69) is 45.1 Å². The molecule has 6 heteroatoms. The van der Waals surface area contributed by atoms with Gasteiger partial charge >= 0.3 is 17.9 Å². The summed E-state index contributed by atoms with van der Waals surface area (Å²) in [5, 5.41) is 0. The maximum atomic E-state index is 12.9. The fourth-order valence-corrected chi connectivity index (χ4v) is 9.50. The standard InChI is InChI=1S/C64H120O6/c1-4-7-10-13-16-19-22-25-28-31-32-34-36-39-42-45-48-51-54-57-63(66)69-60-61(59-68-62(65)56-53-50-47-44-41-38-35-30-27-24-21-18-15-12-9-6-3)70-64(67)58-55-52-49-46-43-40-37-33-29-26-23-20-17-14-11-8-5-2/h30,35,38,41,61H,4-29,31-34,36-37,39-40,42-60H2,1-3H3/b35-30-,41-38-. The molecular formula is C64H120O6. The van der Waals surface area contributed by atoms with E-state index in [0.29, 0.717) is 19.3 Å². The number of hydrogen-bond donors (Lipinski definition) is 0. The lowest BCUT2D eigenvalue weighted by Gasteiger charge is -2.18. The fourth-order valence-electron chi connectivity index (χ4n) is 9.50. The van der Waals surface area contributed by atoms with Crippen LogP contribution in [-0.4, -0.2) is 37.2 Å². The lowest BCUT2D eigenvalue weighted by molar-refractivity contribution is -0.167. The molecule has 0 aliphatic rings.